The van der Waals surface area contributed by atoms with Crippen LogP contribution in [0, 0.1) is 33.5 Å². The number of carbonyl (C=O) groups excluding carboxylic acids is 2. The number of aliphatic hydroxyl groups excluding tert-OH is 1. The standard InChI is InChI=1S/C47H55NO7/c1-6-55-42(51)48(29-32-16-17-34(53-4)26-38(32)54-5)30-46(52)23-20-40-44(46,3)22-19-39-43(2)21-18-33(49)27-45(43)24-25-47(39,40)37(28-45)41(50)36-15-11-10-14-35(36)31-12-8-7-9-13-31/h7-17,24-26,28,33,39-40,49,52H,6,18-23,27,29-30H2,1-5H3/t33?,39-,40-,43-,44+,45+,46-,47-/m1/s1. The van der Waals surface area contributed by atoms with Crippen molar-refractivity contribution in [3.8, 4) is 22.6 Å². The Morgan fingerprint density at radius 3 is 2.31 bits per heavy atom. The van der Waals surface area contributed by atoms with E-state index >= 15 is 4.79 Å². The summed E-state index contributed by atoms with van der Waals surface area (Å²) >= 11 is 0. The second-order valence-corrected chi connectivity index (χ2v) is 17.3. The molecule has 2 bridgehead atoms. The number of carbonyl (C=O) groups is 2. The van der Waals surface area contributed by atoms with Gasteiger partial charge in [-0.05, 0) is 92.4 Å². The summed E-state index contributed by atoms with van der Waals surface area (Å²) in [4.78, 5) is 30.8. The van der Waals surface area contributed by atoms with Crippen LogP contribution in [-0.2, 0) is 11.3 Å². The van der Waals surface area contributed by atoms with Crippen molar-refractivity contribution in [1.82, 2.24) is 4.90 Å². The minimum Gasteiger partial charge on any atom is -0.497 e. The highest BCUT2D eigenvalue weighted by Gasteiger charge is 2.74. The fourth-order valence-corrected chi connectivity index (χ4v) is 12.2. The van der Waals surface area contributed by atoms with Crippen LogP contribution < -0.4 is 9.47 Å². The van der Waals surface area contributed by atoms with Crippen LogP contribution >= 0.6 is 0 Å². The molecule has 0 aliphatic heterocycles. The van der Waals surface area contributed by atoms with Gasteiger partial charge < -0.3 is 29.3 Å². The number of allylic oxidation sites excluding steroid dienone is 4. The van der Waals surface area contributed by atoms with Crippen molar-refractivity contribution in [2.45, 2.75) is 84.0 Å². The monoisotopic (exact) mass is 745 g/mol. The van der Waals surface area contributed by atoms with E-state index in [-0.39, 0.29) is 42.7 Å². The van der Waals surface area contributed by atoms with Gasteiger partial charge in [0.15, 0.2) is 5.78 Å². The highest BCUT2D eigenvalue weighted by Crippen LogP contribution is 2.78. The van der Waals surface area contributed by atoms with Crippen LogP contribution in [0.3, 0.4) is 0 Å². The molecule has 6 aliphatic carbocycles. The largest absolute Gasteiger partial charge is 0.497 e. The number of hydrogen-bond donors (Lipinski definition) is 2. The fraction of sp³-hybridized carbons (Fsp3) is 0.489. The van der Waals surface area contributed by atoms with E-state index in [0.29, 0.717) is 36.3 Å². The lowest BCUT2D eigenvalue weighted by atomic mass is 9.32. The Balaban J connectivity index is 1.22. The summed E-state index contributed by atoms with van der Waals surface area (Å²) in [5, 5.41) is 24.3. The molecule has 3 saturated carbocycles. The van der Waals surface area contributed by atoms with Crippen molar-refractivity contribution < 1.29 is 34.0 Å². The smallest absolute Gasteiger partial charge is 0.410 e. The van der Waals surface area contributed by atoms with Gasteiger partial charge in [-0.3, -0.25) is 4.79 Å². The van der Waals surface area contributed by atoms with Gasteiger partial charge in [0.1, 0.15) is 11.5 Å². The number of fused-ring (bicyclic) bond motifs is 1. The third-order valence-corrected chi connectivity index (χ3v) is 15.0. The van der Waals surface area contributed by atoms with E-state index in [2.05, 4.69) is 32.1 Å². The van der Waals surface area contributed by atoms with Crippen molar-refractivity contribution in [2.75, 3.05) is 27.4 Å². The van der Waals surface area contributed by atoms with Crippen LogP contribution in [0.25, 0.3) is 11.1 Å². The maximum atomic E-state index is 15.5. The first-order valence-corrected chi connectivity index (χ1v) is 20.0. The van der Waals surface area contributed by atoms with Crippen molar-refractivity contribution in [3.63, 3.8) is 0 Å². The SMILES string of the molecule is CCOC(=O)N(Cc1ccc(OC)cc1OC)C[C@]1(O)CC[C@H]2[C@]34C=C[C@@]5(C=C3C(=O)c3ccccc3-c3ccccc3)CC(O)CC[C@]5(C)[C@H]4CC[C@@]21C. The van der Waals surface area contributed by atoms with E-state index in [1.165, 1.54) is 0 Å². The van der Waals surface area contributed by atoms with Crippen LogP contribution in [0.2, 0.25) is 0 Å². The lowest BCUT2D eigenvalue weighted by Gasteiger charge is -2.71. The predicted molar refractivity (Wildman–Crippen MR) is 212 cm³/mol. The third-order valence-electron chi connectivity index (χ3n) is 15.0. The number of benzene rings is 3. The second kappa shape index (κ2) is 13.7. The summed E-state index contributed by atoms with van der Waals surface area (Å²) in [7, 11) is 3.19. The first kappa shape index (κ1) is 37.5. The number of Topliss-reactive ketones (excluding diaryl/α,β-unsaturated/α-hetero) is 1. The number of methoxy groups -OCH3 is 2. The van der Waals surface area contributed by atoms with Crippen LogP contribution in [0.1, 0.15) is 81.6 Å². The Morgan fingerprint density at radius 1 is 0.855 bits per heavy atom. The zero-order valence-electron chi connectivity index (χ0n) is 32.8. The number of aliphatic hydroxyl groups is 2. The van der Waals surface area contributed by atoms with Gasteiger partial charge in [-0.15, -0.1) is 0 Å². The minimum absolute atomic E-state index is 0.0229. The van der Waals surface area contributed by atoms with E-state index < -0.39 is 34.0 Å². The molecular formula is C47H55NO7. The fourth-order valence-electron chi connectivity index (χ4n) is 12.2. The quantitative estimate of drug-likeness (QED) is 0.158. The van der Waals surface area contributed by atoms with E-state index in [4.69, 9.17) is 14.2 Å². The van der Waals surface area contributed by atoms with Crippen molar-refractivity contribution in [2.24, 2.45) is 33.5 Å². The molecule has 6 aliphatic rings. The summed E-state index contributed by atoms with van der Waals surface area (Å²) < 4.78 is 16.7. The lowest BCUT2D eigenvalue weighted by molar-refractivity contribution is -0.175. The normalized spacial score (nSPS) is 34.2. The Hall–Kier alpha value is -4.40. The third kappa shape index (κ3) is 5.53. The van der Waals surface area contributed by atoms with E-state index in [1.54, 1.807) is 32.1 Å². The van der Waals surface area contributed by atoms with Gasteiger partial charge >= 0.3 is 6.09 Å². The van der Waals surface area contributed by atoms with Gasteiger partial charge in [-0.25, -0.2) is 4.79 Å². The van der Waals surface area contributed by atoms with E-state index in [1.807, 2.05) is 66.7 Å². The zero-order chi connectivity index (χ0) is 38.8. The summed E-state index contributed by atoms with van der Waals surface area (Å²) in [5.74, 6) is 1.33. The van der Waals surface area contributed by atoms with Crippen molar-refractivity contribution in [3.05, 3.63) is 108 Å². The molecule has 3 aromatic rings. The van der Waals surface area contributed by atoms with E-state index in [9.17, 15) is 15.0 Å². The first-order chi connectivity index (χ1) is 26.4. The number of hydrogen-bond acceptors (Lipinski definition) is 7. The summed E-state index contributed by atoms with van der Waals surface area (Å²) in [6.45, 7) is 6.85. The van der Waals surface area contributed by atoms with Crippen LogP contribution in [0.4, 0.5) is 4.79 Å². The molecule has 2 spiro atoms. The molecule has 0 aromatic heterocycles. The average Bonchev–Trinajstić information content (AvgIpc) is 3.47. The van der Waals surface area contributed by atoms with Gasteiger partial charge in [0.05, 0.1) is 45.6 Å². The minimum atomic E-state index is -1.26. The second-order valence-electron chi connectivity index (χ2n) is 17.3. The highest BCUT2D eigenvalue weighted by molar-refractivity contribution is 6.14. The maximum absolute atomic E-state index is 15.5. The molecule has 1 amide bonds. The Morgan fingerprint density at radius 2 is 1.56 bits per heavy atom. The van der Waals surface area contributed by atoms with Crippen LogP contribution in [0.5, 0.6) is 11.5 Å². The van der Waals surface area contributed by atoms with Gasteiger partial charge in [0.2, 0.25) is 0 Å². The Kier molecular flexibility index (Phi) is 9.32. The van der Waals surface area contributed by atoms with Gasteiger partial charge in [-0.2, -0.15) is 0 Å². The molecule has 9 rings (SSSR count). The summed E-state index contributed by atoms with van der Waals surface area (Å²) in [6.07, 6.45) is 11.0. The molecule has 0 saturated heterocycles. The molecule has 8 atom stereocenters. The number of ether oxygens (including phenoxy) is 3. The number of nitrogens with zero attached hydrogens (tertiary/aromatic N) is 1. The van der Waals surface area contributed by atoms with Crippen molar-refractivity contribution in [1.29, 1.82) is 0 Å². The maximum Gasteiger partial charge on any atom is 0.410 e. The number of ketones is 1. The molecule has 8 nitrogen and oxygen atoms in total. The predicted octanol–water partition coefficient (Wildman–Crippen LogP) is 8.80. The van der Waals surface area contributed by atoms with Crippen LogP contribution in [-0.4, -0.2) is 66.1 Å². The highest BCUT2D eigenvalue weighted by atomic mass is 16.6. The molecule has 2 N–H and O–H groups in total. The molecule has 3 aromatic carbocycles. The topological polar surface area (TPSA) is 106 Å². The molecule has 290 valence electrons. The Labute approximate surface area is 325 Å². The average molecular weight is 746 g/mol. The van der Waals surface area contributed by atoms with Gasteiger partial charge in [0, 0.05) is 39.0 Å². The molecule has 55 heavy (non-hydrogen) atoms. The van der Waals surface area contributed by atoms with E-state index in [0.717, 1.165) is 47.9 Å². The summed E-state index contributed by atoms with van der Waals surface area (Å²) in [6, 6.07) is 23.5. The van der Waals surface area contributed by atoms with Crippen LogP contribution in [0.15, 0.2) is 96.6 Å². The number of amides is 1. The van der Waals surface area contributed by atoms with Crippen molar-refractivity contribution >= 4 is 11.9 Å². The lowest BCUT2D eigenvalue weighted by Crippen LogP contribution is -2.67. The van der Waals surface area contributed by atoms with Gasteiger partial charge in [-0.1, -0.05) is 86.7 Å². The molecule has 0 heterocycles. The molecule has 1 unspecified atom stereocenters. The van der Waals surface area contributed by atoms with Gasteiger partial charge in [0.25, 0.3) is 0 Å². The zero-order valence-corrected chi connectivity index (χ0v) is 32.8. The Bertz CT molecular complexity index is 2040. The molecule has 8 heteroatoms. The summed E-state index contributed by atoms with van der Waals surface area (Å²) in [5.41, 5.74) is 1.02. The molecular weight excluding hydrogens is 691 g/mol. The number of rotatable bonds is 10. The molecule has 3 fully saturated rings. The first-order valence-electron chi connectivity index (χ1n) is 20.0. The molecule has 0 radical (unpaired) electrons.